The van der Waals surface area contributed by atoms with Crippen LogP contribution in [0.15, 0.2) is 55.1 Å². The van der Waals surface area contributed by atoms with Gasteiger partial charge in [-0.15, -0.1) is 0 Å². The summed E-state index contributed by atoms with van der Waals surface area (Å²) in [4.78, 5) is 25.9. The van der Waals surface area contributed by atoms with Crippen molar-refractivity contribution in [1.82, 2.24) is 24.3 Å². The number of rotatable bonds is 5. The van der Waals surface area contributed by atoms with Crippen LogP contribution in [0.2, 0.25) is 0 Å². The molecule has 0 saturated carbocycles. The van der Waals surface area contributed by atoms with Crippen molar-refractivity contribution in [3.05, 3.63) is 55.1 Å². The number of fused-ring (bicyclic) bond motifs is 1. The van der Waals surface area contributed by atoms with E-state index in [1.807, 2.05) is 45.9 Å². The molecule has 0 aliphatic carbocycles. The van der Waals surface area contributed by atoms with Gasteiger partial charge in [-0.3, -0.25) is 14.7 Å². The molecule has 0 atom stereocenters. The van der Waals surface area contributed by atoms with Gasteiger partial charge in [0.15, 0.2) is 0 Å². The average Bonchev–Trinajstić information content (AvgIpc) is 3.23. The molecule has 2 aromatic heterocycles. The van der Waals surface area contributed by atoms with Crippen LogP contribution >= 0.6 is 0 Å². The summed E-state index contributed by atoms with van der Waals surface area (Å²) in [6.45, 7) is 4.17. The minimum Gasteiger partial charge on any atom is -0.490 e. The molecule has 1 aromatic carbocycles. The number of para-hydroxylation sites is 2. The predicted molar refractivity (Wildman–Crippen MR) is 119 cm³/mol. The van der Waals surface area contributed by atoms with Gasteiger partial charge in [0.25, 0.3) is 0 Å². The van der Waals surface area contributed by atoms with Crippen molar-refractivity contribution in [3.8, 4) is 5.75 Å². The Morgan fingerprint density at radius 2 is 1.71 bits per heavy atom. The largest absolute Gasteiger partial charge is 0.490 e. The molecule has 31 heavy (non-hydrogen) atoms. The minimum atomic E-state index is 0.186. The summed E-state index contributed by atoms with van der Waals surface area (Å²) >= 11 is 0. The van der Waals surface area contributed by atoms with Gasteiger partial charge >= 0.3 is 0 Å². The van der Waals surface area contributed by atoms with Gasteiger partial charge < -0.3 is 14.2 Å². The molecule has 1 amide bonds. The Bertz CT molecular complexity index is 1000. The number of aromatic nitrogens is 3. The zero-order valence-electron chi connectivity index (χ0n) is 17.8. The first-order valence-electron chi connectivity index (χ1n) is 11.2. The smallest absolute Gasteiger partial charge is 0.242 e. The van der Waals surface area contributed by atoms with Crippen molar-refractivity contribution in [2.24, 2.45) is 0 Å². The van der Waals surface area contributed by atoms with E-state index in [2.05, 4.69) is 14.9 Å². The molecular weight excluding hydrogens is 390 g/mol. The molecule has 7 heteroatoms. The van der Waals surface area contributed by atoms with Gasteiger partial charge in [-0.1, -0.05) is 12.1 Å². The number of carbonyl (C=O) groups excluding carboxylic acids is 1. The van der Waals surface area contributed by atoms with Gasteiger partial charge in [0, 0.05) is 44.6 Å². The van der Waals surface area contributed by atoms with Gasteiger partial charge in [-0.05, 0) is 49.9 Å². The number of carbonyl (C=O) groups is 1. The number of likely N-dealkylation sites (tertiary alicyclic amines) is 2. The Labute approximate surface area is 182 Å². The van der Waals surface area contributed by atoms with E-state index in [1.165, 1.54) is 0 Å². The predicted octanol–water partition coefficient (Wildman–Crippen LogP) is 2.97. The number of pyridine rings is 1. The molecule has 5 rings (SSSR count). The van der Waals surface area contributed by atoms with E-state index in [1.54, 1.807) is 18.7 Å². The molecule has 2 aliphatic rings. The van der Waals surface area contributed by atoms with Crippen molar-refractivity contribution in [3.63, 3.8) is 0 Å². The quantitative estimate of drug-likeness (QED) is 0.636. The maximum absolute atomic E-state index is 12.9. The van der Waals surface area contributed by atoms with Crippen molar-refractivity contribution in [2.45, 2.75) is 44.4 Å². The number of benzene rings is 1. The normalized spacial score (nSPS) is 19.0. The molecule has 162 valence electrons. The highest BCUT2D eigenvalue weighted by atomic mass is 16.5. The average molecular weight is 420 g/mol. The number of nitrogens with zero attached hydrogens (tertiary/aromatic N) is 5. The number of hydrogen-bond acceptors (Lipinski definition) is 5. The standard InChI is InChI=1S/C24H29N5O2/c30-24(17-29-18-26-22-3-1-2-4-23(22)29)28-13-7-19(8-14-28)27-15-9-21(10-16-27)31-20-5-11-25-12-6-20/h1-6,11-12,18-19,21H,7-10,13-17H2. The van der Waals surface area contributed by atoms with Gasteiger partial charge in [0.2, 0.25) is 5.91 Å². The lowest BCUT2D eigenvalue weighted by Crippen LogP contribution is -2.50. The highest BCUT2D eigenvalue weighted by molar-refractivity contribution is 5.80. The second-order valence-corrected chi connectivity index (χ2v) is 8.51. The van der Waals surface area contributed by atoms with E-state index in [0.717, 1.165) is 68.6 Å². The van der Waals surface area contributed by atoms with E-state index in [9.17, 15) is 4.79 Å². The van der Waals surface area contributed by atoms with E-state index in [-0.39, 0.29) is 12.0 Å². The first-order valence-corrected chi connectivity index (χ1v) is 11.2. The van der Waals surface area contributed by atoms with Crippen LogP contribution in [0.3, 0.4) is 0 Å². The van der Waals surface area contributed by atoms with Gasteiger partial charge in [0.05, 0.1) is 17.4 Å². The van der Waals surface area contributed by atoms with E-state index >= 15 is 0 Å². The van der Waals surface area contributed by atoms with Crippen molar-refractivity contribution in [1.29, 1.82) is 0 Å². The summed E-state index contributed by atoms with van der Waals surface area (Å²) in [7, 11) is 0. The molecule has 2 aliphatic heterocycles. The van der Waals surface area contributed by atoms with Crippen LogP contribution in [0, 0.1) is 0 Å². The molecule has 7 nitrogen and oxygen atoms in total. The summed E-state index contributed by atoms with van der Waals surface area (Å²) in [6.07, 6.45) is 9.80. The second-order valence-electron chi connectivity index (χ2n) is 8.51. The fourth-order valence-corrected chi connectivity index (χ4v) is 4.83. The number of hydrogen-bond donors (Lipinski definition) is 0. The van der Waals surface area contributed by atoms with Crippen LogP contribution in [0.25, 0.3) is 11.0 Å². The second kappa shape index (κ2) is 9.06. The Balaban J connectivity index is 1.09. The van der Waals surface area contributed by atoms with Crippen LogP contribution < -0.4 is 4.74 Å². The zero-order valence-corrected chi connectivity index (χ0v) is 17.8. The summed E-state index contributed by atoms with van der Waals surface area (Å²) in [5, 5.41) is 0. The number of amides is 1. The molecule has 0 spiro atoms. The molecule has 4 heterocycles. The van der Waals surface area contributed by atoms with Crippen molar-refractivity contribution < 1.29 is 9.53 Å². The molecule has 0 unspecified atom stereocenters. The molecule has 3 aromatic rings. The third-order valence-corrected chi connectivity index (χ3v) is 6.60. The minimum absolute atomic E-state index is 0.186. The van der Waals surface area contributed by atoms with Crippen LogP contribution in [0.4, 0.5) is 0 Å². The molecule has 0 radical (unpaired) electrons. The third-order valence-electron chi connectivity index (χ3n) is 6.60. The van der Waals surface area contributed by atoms with E-state index in [4.69, 9.17) is 4.74 Å². The summed E-state index contributed by atoms with van der Waals surface area (Å²) < 4.78 is 8.05. The topological polar surface area (TPSA) is 63.5 Å². The first-order chi connectivity index (χ1) is 15.3. The van der Waals surface area contributed by atoms with Crippen LogP contribution in [-0.2, 0) is 11.3 Å². The van der Waals surface area contributed by atoms with E-state index < -0.39 is 0 Å². The fourth-order valence-electron chi connectivity index (χ4n) is 4.83. The molecule has 0 bridgehead atoms. The number of ether oxygens (including phenoxy) is 1. The maximum atomic E-state index is 12.9. The lowest BCUT2D eigenvalue weighted by atomic mass is 9.98. The first kappa shape index (κ1) is 20.0. The van der Waals surface area contributed by atoms with Crippen LogP contribution in [-0.4, -0.2) is 68.6 Å². The third kappa shape index (κ3) is 4.56. The molecular formula is C24H29N5O2. The van der Waals surface area contributed by atoms with Crippen LogP contribution in [0.5, 0.6) is 5.75 Å². The lowest BCUT2D eigenvalue weighted by molar-refractivity contribution is -0.133. The Kier molecular flexibility index (Phi) is 5.84. The Morgan fingerprint density at radius 3 is 2.48 bits per heavy atom. The van der Waals surface area contributed by atoms with Crippen molar-refractivity contribution >= 4 is 16.9 Å². The monoisotopic (exact) mass is 419 g/mol. The SMILES string of the molecule is O=C(Cn1cnc2ccccc21)N1CCC(N2CCC(Oc3ccncc3)CC2)CC1. The summed E-state index contributed by atoms with van der Waals surface area (Å²) in [6, 6.07) is 12.4. The maximum Gasteiger partial charge on any atom is 0.242 e. The Morgan fingerprint density at radius 1 is 0.968 bits per heavy atom. The van der Waals surface area contributed by atoms with Gasteiger partial charge in [-0.2, -0.15) is 0 Å². The Hall–Kier alpha value is -2.93. The van der Waals surface area contributed by atoms with Crippen LogP contribution in [0.1, 0.15) is 25.7 Å². The summed E-state index contributed by atoms with van der Waals surface area (Å²) in [5.74, 6) is 1.09. The molecule has 0 N–H and O–H groups in total. The zero-order chi connectivity index (χ0) is 21.0. The molecule has 2 saturated heterocycles. The van der Waals surface area contributed by atoms with Gasteiger partial charge in [0.1, 0.15) is 18.4 Å². The lowest BCUT2D eigenvalue weighted by Gasteiger charge is -2.41. The summed E-state index contributed by atoms with van der Waals surface area (Å²) in [5.41, 5.74) is 1.95. The number of imidazole rings is 1. The van der Waals surface area contributed by atoms with Gasteiger partial charge in [-0.25, -0.2) is 4.98 Å². The van der Waals surface area contributed by atoms with Crippen molar-refractivity contribution in [2.75, 3.05) is 26.2 Å². The van der Waals surface area contributed by atoms with E-state index in [0.29, 0.717) is 12.6 Å². The molecule has 2 fully saturated rings. The highest BCUT2D eigenvalue weighted by Crippen LogP contribution is 2.24. The number of piperidine rings is 2. The highest BCUT2D eigenvalue weighted by Gasteiger charge is 2.30. The fraction of sp³-hybridized carbons (Fsp3) is 0.458.